The summed E-state index contributed by atoms with van der Waals surface area (Å²) in [6.45, 7) is 6.18. The van der Waals surface area contributed by atoms with E-state index in [-0.39, 0.29) is 12.0 Å². The molecule has 0 amide bonds. The van der Waals surface area contributed by atoms with Crippen LogP contribution in [0.1, 0.15) is 26.3 Å². The summed E-state index contributed by atoms with van der Waals surface area (Å²) in [5.74, 6) is 0. The van der Waals surface area contributed by atoms with E-state index in [0.29, 0.717) is 17.3 Å². The third-order valence-corrected chi connectivity index (χ3v) is 2.55. The molecule has 0 fully saturated rings. The van der Waals surface area contributed by atoms with E-state index in [4.69, 9.17) is 16.4 Å². The fourth-order valence-corrected chi connectivity index (χ4v) is 1.43. The molecule has 1 aromatic rings. The first-order valence-electron chi connectivity index (χ1n) is 5.48. The summed E-state index contributed by atoms with van der Waals surface area (Å²) in [7, 11) is 0. The van der Waals surface area contributed by atoms with Crippen molar-refractivity contribution in [1.29, 1.82) is 0 Å². The van der Waals surface area contributed by atoms with E-state index in [1.54, 1.807) is 0 Å². The van der Waals surface area contributed by atoms with Crippen molar-refractivity contribution in [2.24, 2.45) is 10.6 Å². The normalized spacial score (nSPS) is 12.6. The highest BCUT2D eigenvalue weighted by Gasteiger charge is 2.18. The van der Waals surface area contributed by atoms with Crippen LogP contribution in [0.4, 0.5) is 0 Å². The molecule has 1 rings (SSSR count). The molecule has 3 nitrogen and oxygen atoms in total. The van der Waals surface area contributed by atoms with Gasteiger partial charge in [0.2, 0.25) is 0 Å². The fourth-order valence-electron chi connectivity index (χ4n) is 1.21. The van der Waals surface area contributed by atoms with Gasteiger partial charge in [0.05, 0.1) is 12.3 Å². The van der Waals surface area contributed by atoms with Crippen molar-refractivity contribution in [2.75, 3.05) is 6.61 Å². The molecule has 94 valence electrons. The lowest BCUT2D eigenvalue weighted by molar-refractivity contribution is 0.125. The Morgan fingerprint density at radius 1 is 1.41 bits per heavy atom. The predicted molar refractivity (Wildman–Crippen MR) is 70.2 cm³/mol. The minimum absolute atomic E-state index is 0.0982. The van der Waals surface area contributed by atoms with Crippen LogP contribution in [0.5, 0.6) is 0 Å². The van der Waals surface area contributed by atoms with Crippen molar-refractivity contribution < 1.29 is 9.94 Å². The topological polar surface area (TPSA) is 41.8 Å². The smallest absolute Gasteiger partial charge is 0.142 e. The second-order valence-corrected chi connectivity index (χ2v) is 5.29. The van der Waals surface area contributed by atoms with Crippen LogP contribution in [0.25, 0.3) is 0 Å². The van der Waals surface area contributed by atoms with Crippen molar-refractivity contribution >= 4 is 17.3 Å². The quantitative estimate of drug-likeness (QED) is 0.663. The lowest BCUT2D eigenvalue weighted by Gasteiger charge is -2.18. The van der Waals surface area contributed by atoms with Crippen LogP contribution >= 0.6 is 11.6 Å². The zero-order valence-electron chi connectivity index (χ0n) is 10.4. The van der Waals surface area contributed by atoms with E-state index in [2.05, 4.69) is 5.16 Å². The summed E-state index contributed by atoms with van der Waals surface area (Å²) in [4.78, 5) is 5.22. The first kappa shape index (κ1) is 14.0. The highest BCUT2D eigenvalue weighted by molar-refractivity contribution is 6.30. The number of hydrogen-bond donors (Lipinski definition) is 1. The zero-order valence-corrected chi connectivity index (χ0v) is 11.2. The van der Waals surface area contributed by atoms with Crippen LogP contribution < -0.4 is 0 Å². The summed E-state index contributed by atoms with van der Waals surface area (Å²) in [6, 6.07) is 7.41. The van der Waals surface area contributed by atoms with Gasteiger partial charge in [-0.3, -0.25) is 0 Å². The molecule has 0 aliphatic heterocycles. The minimum Gasteiger partial charge on any atom is -0.391 e. The molecule has 0 aliphatic carbocycles. The van der Waals surface area contributed by atoms with Gasteiger partial charge in [-0.05, 0) is 17.7 Å². The summed E-state index contributed by atoms with van der Waals surface area (Å²) < 4.78 is 0. The standard InChI is InChI=1S/C13H18ClNO2/c1-13(2,3)12(8-16)15-17-9-10-5-4-6-11(14)7-10/h4-7,16H,8-9H2,1-3H3. The molecule has 0 saturated carbocycles. The summed E-state index contributed by atoms with van der Waals surface area (Å²) >= 11 is 5.85. The second kappa shape index (κ2) is 6.03. The summed E-state index contributed by atoms with van der Waals surface area (Å²) in [5.41, 5.74) is 1.38. The van der Waals surface area contributed by atoms with Crippen molar-refractivity contribution in [3.63, 3.8) is 0 Å². The van der Waals surface area contributed by atoms with Crippen LogP contribution in [0.3, 0.4) is 0 Å². The Morgan fingerprint density at radius 3 is 2.65 bits per heavy atom. The molecule has 0 heterocycles. The Balaban J connectivity index is 2.59. The molecule has 0 spiro atoms. The third kappa shape index (κ3) is 4.75. The van der Waals surface area contributed by atoms with E-state index in [0.717, 1.165) is 5.56 Å². The van der Waals surface area contributed by atoms with Gasteiger partial charge in [0.25, 0.3) is 0 Å². The average molecular weight is 256 g/mol. The largest absolute Gasteiger partial charge is 0.391 e. The number of rotatable bonds is 4. The molecule has 1 N–H and O–H groups in total. The Hall–Kier alpha value is -1.06. The maximum Gasteiger partial charge on any atom is 0.142 e. The average Bonchev–Trinajstić information content (AvgIpc) is 2.22. The Bertz CT molecular complexity index is 397. The van der Waals surface area contributed by atoms with Gasteiger partial charge in [0, 0.05) is 10.4 Å². The fraction of sp³-hybridized carbons (Fsp3) is 0.462. The molecule has 0 aliphatic rings. The van der Waals surface area contributed by atoms with Gasteiger partial charge >= 0.3 is 0 Å². The predicted octanol–water partition coefficient (Wildman–Crippen LogP) is 3.25. The van der Waals surface area contributed by atoms with Gasteiger partial charge < -0.3 is 9.94 Å². The van der Waals surface area contributed by atoms with Gasteiger partial charge in [-0.15, -0.1) is 0 Å². The molecule has 1 aromatic carbocycles. The van der Waals surface area contributed by atoms with E-state index in [1.165, 1.54) is 0 Å². The van der Waals surface area contributed by atoms with Crippen molar-refractivity contribution in [3.05, 3.63) is 34.9 Å². The van der Waals surface area contributed by atoms with Crippen LogP contribution in [-0.4, -0.2) is 17.4 Å². The van der Waals surface area contributed by atoms with E-state index in [9.17, 15) is 5.11 Å². The summed E-state index contributed by atoms with van der Waals surface area (Å²) in [5, 5.41) is 13.8. The molecule has 4 heteroatoms. The van der Waals surface area contributed by atoms with E-state index >= 15 is 0 Å². The molecule has 0 saturated heterocycles. The molecule has 0 unspecified atom stereocenters. The molecular weight excluding hydrogens is 238 g/mol. The second-order valence-electron chi connectivity index (χ2n) is 4.85. The summed E-state index contributed by atoms with van der Waals surface area (Å²) in [6.07, 6.45) is 0. The number of aliphatic hydroxyl groups is 1. The first-order valence-corrected chi connectivity index (χ1v) is 5.86. The van der Waals surface area contributed by atoms with Gasteiger partial charge in [-0.2, -0.15) is 0 Å². The molecular formula is C13H18ClNO2. The van der Waals surface area contributed by atoms with Gasteiger partial charge in [0.15, 0.2) is 0 Å². The van der Waals surface area contributed by atoms with Crippen molar-refractivity contribution in [3.8, 4) is 0 Å². The third-order valence-electron chi connectivity index (χ3n) is 2.31. The number of hydrogen-bond acceptors (Lipinski definition) is 3. The molecule has 0 radical (unpaired) electrons. The molecule has 0 atom stereocenters. The Labute approximate surface area is 107 Å². The van der Waals surface area contributed by atoms with E-state index in [1.807, 2.05) is 45.0 Å². The number of benzene rings is 1. The lowest BCUT2D eigenvalue weighted by atomic mass is 9.91. The minimum atomic E-state index is -0.191. The Morgan fingerprint density at radius 2 is 2.12 bits per heavy atom. The maximum absolute atomic E-state index is 9.17. The van der Waals surface area contributed by atoms with Crippen LogP contribution in [0.2, 0.25) is 5.02 Å². The molecule has 17 heavy (non-hydrogen) atoms. The van der Waals surface area contributed by atoms with Crippen molar-refractivity contribution in [1.82, 2.24) is 0 Å². The number of oxime groups is 1. The van der Waals surface area contributed by atoms with Gasteiger partial charge in [0.1, 0.15) is 6.61 Å². The highest BCUT2D eigenvalue weighted by Crippen LogP contribution is 2.16. The highest BCUT2D eigenvalue weighted by atomic mass is 35.5. The SMILES string of the molecule is CC(C)(C)C(CO)=NOCc1cccc(Cl)c1. The number of halogens is 1. The van der Waals surface area contributed by atoms with Crippen LogP contribution in [-0.2, 0) is 11.4 Å². The van der Waals surface area contributed by atoms with Crippen LogP contribution in [0, 0.1) is 5.41 Å². The van der Waals surface area contributed by atoms with Crippen molar-refractivity contribution in [2.45, 2.75) is 27.4 Å². The monoisotopic (exact) mass is 255 g/mol. The van der Waals surface area contributed by atoms with Crippen LogP contribution in [0.15, 0.2) is 29.4 Å². The lowest BCUT2D eigenvalue weighted by Crippen LogP contribution is -2.24. The Kier molecular flexibility index (Phi) is 4.97. The number of aliphatic hydroxyl groups excluding tert-OH is 1. The van der Waals surface area contributed by atoms with E-state index < -0.39 is 0 Å². The maximum atomic E-state index is 9.17. The first-order chi connectivity index (χ1) is 7.93. The number of nitrogens with zero attached hydrogens (tertiary/aromatic N) is 1. The molecule has 0 aromatic heterocycles. The van der Waals surface area contributed by atoms with Gasteiger partial charge in [-0.25, -0.2) is 0 Å². The van der Waals surface area contributed by atoms with Gasteiger partial charge in [-0.1, -0.05) is 49.7 Å². The molecule has 0 bridgehead atoms. The zero-order chi connectivity index (χ0) is 12.9.